The molecular weight excluding hydrogens is 620 g/mol. The van der Waals surface area contributed by atoms with Gasteiger partial charge in [0.15, 0.2) is 0 Å². The van der Waals surface area contributed by atoms with Crippen molar-refractivity contribution in [2.45, 2.75) is 72.1 Å². The number of sulfonamides is 1. The van der Waals surface area contributed by atoms with E-state index >= 15 is 0 Å². The van der Waals surface area contributed by atoms with Gasteiger partial charge in [-0.3, -0.25) is 23.5 Å². The SMILES string of the molecule is CC#CCC(CN[C@@H](C)C(=O)N[C@H](C(=O)NCC)C(C)C)NC(=O)c1cc(C(=O)N[C@H](C)c2ccccc2)cc(N(C)S(C)(=O)=O)c1. The molecule has 0 heterocycles. The number of carbonyl (C=O) groups is 4. The molecule has 0 aromatic heterocycles. The van der Waals surface area contributed by atoms with Crippen LogP contribution in [-0.4, -0.2) is 76.6 Å². The molecule has 1 unspecified atom stereocenters. The van der Waals surface area contributed by atoms with E-state index in [1.807, 2.05) is 51.1 Å². The smallest absolute Gasteiger partial charge is 0.251 e. The number of likely N-dealkylation sites (N-methyl/N-ethyl adjacent to an activating group) is 1. The largest absolute Gasteiger partial charge is 0.355 e. The Morgan fingerprint density at radius 2 is 1.47 bits per heavy atom. The predicted octanol–water partition coefficient (Wildman–Crippen LogP) is 2.34. The Kier molecular flexibility index (Phi) is 14.9. The Bertz CT molecular complexity index is 1570. The van der Waals surface area contributed by atoms with Crippen molar-refractivity contribution in [3.05, 3.63) is 65.2 Å². The third-order valence-electron chi connectivity index (χ3n) is 7.47. The average molecular weight is 669 g/mol. The van der Waals surface area contributed by atoms with Gasteiger partial charge in [-0.1, -0.05) is 44.2 Å². The molecule has 0 radical (unpaired) electrons. The number of anilines is 1. The van der Waals surface area contributed by atoms with E-state index in [1.54, 1.807) is 20.8 Å². The van der Waals surface area contributed by atoms with E-state index in [0.717, 1.165) is 16.1 Å². The molecule has 0 bridgehead atoms. The Balaban J connectivity index is 2.28. The van der Waals surface area contributed by atoms with Gasteiger partial charge in [-0.2, -0.15) is 0 Å². The lowest BCUT2D eigenvalue weighted by molar-refractivity contribution is -0.130. The first kappa shape index (κ1) is 38.8. The van der Waals surface area contributed by atoms with E-state index in [2.05, 4.69) is 38.4 Å². The molecule has 256 valence electrons. The number of benzene rings is 2. The summed E-state index contributed by atoms with van der Waals surface area (Å²) in [6, 6.07) is 11.2. The summed E-state index contributed by atoms with van der Waals surface area (Å²) in [4.78, 5) is 52.3. The molecule has 5 N–H and O–H groups in total. The van der Waals surface area contributed by atoms with Crippen LogP contribution < -0.4 is 30.9 Å². The first-order chi connectivity index (χ1) is 22.1. The van der Waals surface area contributed by atoms with Crippen LogP contribution in [0.15, 0.2) is 48.5 Å². The number of nitrogens with zero attached hydrogens (tertiary/aromatic N) is 1. The van der Waals surface area contributed by atoms with Crippen LogP contribution in [0.1, 0.15) is 80.3 Å². The Hall–Kier alpha value is -4.41. The summed E-state index contributed by atoms with van der Waals surface area (Å²) in [6.45, 7) is 11.2. The summed E-state index contributed by atoms with van der Waals surface area (Å²) in [7, 11) is -2.37. The van der Waals surface area contributed by atoms with Crippen LogP contribution in [0.4, 0.5) is 5.69 Å². The van der Waals surface area contributed by atoms with Gasteiger partial charge in [-0.15, -0.1) is 11.8 Å². The van der Waals surface area contributed by atoms with Gasteiger partial charge in [0.2, 0.25) is 21.8 Å². The molecular formula is C34H48N6O6S. The number of nitrogens with one attached hydrogen (secondary N) is 5. The van der Waals surface area contributed by atoms with Crippen LogP contribution in [-0.2, 0) is 19.6 Å². The van der Waals surface area contributed by atoms with Crippen molar-refractivity contribution in [2.75, 3.05) is 30.7 Å². The van der Waals surface area contributed by atoms with Gasteiger partial charge in [0.25, 0.3) is 11.8 Å². The highest BCUT2D eigenvalue weighted by atomic mass is 32.2. The summed E-state index contributed by atoms with van der Waals surface area (Å²) in [6.07, 6.45) is 1.28. The van der Waals surface area contributed by atoms with E-state index in [0.29, 0.717) is 6.54 Å². The van der Waals surface area contributed by atoms with Gasteiger partial charge in [0.1, 0.15) is 6.04 Å². The molecule has 4 amide bonds. The van der Waals surface area contributed by atoms with E-state index in [9.17, 15) is 27.6 Å². The molecule has 12 nitrogen and oxygen atoms in total. The maximum absolute atomic E-state index is 13.6. The zero-order valence-corrected chi connectivity index (χ0v) is 29.2. The molecule has 2 aromatic rings. The van der Waals surface area contributed by atoms with Gasteiger partial charge in [-0.05, 0) is 57.4 Å². The average Bonchev–Trinajstić information content (AvgIpc) is 3.03. The summed E-state index contributed by atoms with van der Waals surface area (Å²) < 4.78 is 25.7. The van der Waals surface area contributed by atoms with Crippen LogP contribution in [0.3, 0.4) is 0 Å². The number of hydrogen-bond donors (Lipinski definition) is 5. The first-order valence-corrected chi connectivity index (χ1v) is 17.4. The van der Waals surface area contributed by atoms with Crippen molar-refractivity contribution >= 4 is 39.3 Å². The fraction of sp³-hybridized carbons (Fsp3) is 0.471. The lowest BCUT2D eigenvalue weighted by Crippen LogP contribution is -2.55. The Morgan fingerprint density at radius 3 is 2.00 bits per heavy atom. The maximum Gasteiger partial charge on any atom is 0.251 e. The summed E-state index contributed by atoms with van der Waals surface area (Å²) in [5, 5.41) is 14.4. The highest BCUT2D eigenvalue weighted by molar-refractivity contribution is 7.92. The predicted molar refractivity (Wildman–Crippen MR) is 184 cm³/mol. The minimum atomic E-state index is -3.71. The molecule has 0 saturated carbocycles. The molecule has 2 aromatic carbocycles. The fourth-order valence-corrected chi connectivity index (χ4v) is 5.02. The Morgan fingerprint density at radius 1 is 0.872 bits per heavy atom. The van der Waals surface area contributed by atoms with Crippen molar-refractivity contribution in [2.24, 2.45) is 5.92 Å². The molecule has 13 heteroatoms. The van der Waals surface area contributed by atoms with Crippen LogP contribution in [0, 0.1) is 17.8 Å². The molecule has 0 saturated heterocycles. The maximum atomic E-state index is 13.6. The zero-order valence-electron chi connectivity index (χ0n) is 28.4. The van der Waals surface area contributed by atoms with Crippen LogP contribution >= 0.6 is 0 Å². The Labute approximate surface area is 278 Å². The first-order valence-electron chi connectivity index (χ1n) is 15.6. The molecule has 0 aliphatic rings. The van der Waals surface area contributed by atoms with Crippen LogP contribution in [0.5, 0.6) is 0 Å². The highest BCUT2D eigenvalue weighted by Gasteiger charge is 2.27. The van der Waals surface area contributed by atoms with Gasteiger partial charge in [0, 0.05) is 37.7 Å². The van der Waals surface area contributed by atoms with Crippen molar-refractivity contribution in [3.8, 4) is 11.8 Å². The molecule has 2 rings (SSSR count). The topological polar surface area (TPSA) is 166 Å². The fourth-order valence-electron chi connectivity index (χ4n) is 4.53. The van der Waals surface area contributed by atoms with E-state index in [-0.39, 0.29) is 53.6 Å². The second kappa shape index (κ2) is 18.1. The number of rotatable bonds is 16. The highest BCUT2D eigenvalue weighted by Crippen LogP contribution is 2.22. The zero-order chi connectivity index (χ0) is 35.3. The van der Waals surface area contributed by atoms with Crippen molar-refractivity contribution in [1.82, 2.24) is 26.6 Å². The normalized spacial score (nSPS) is 13.6. The van der Waals surface area contributed by atoms with E-state index in [4.69, 9.17) is 0 Å². The molecule has 0 spiro atoms. The minimum Gasteiger partial charge on any atom is -0.355 e. The molecule has 47 heavy (non-hydrogen) atoms. The van der Waals surface area contributed by atoms with Gasteiger partial charge in [0.05, 0.1) is 30.1 Å². The number of amides is 4. The third-order valence-corrected chi connectivity index (χ3v) is 8.68. The van der Waals surface area contributed by atoms with Gasteiger partial charge >= 0.3 is 0 Å². The standard InChI is InChI=1S/C34H48N6O6S/c1-9-11-17-28(21-36-24(6)31(41)39-30(22(3)4)34(44)35-10-2)38-33(43)27-18-26(19-29(20-27)40(7)47(8,45)46)32(42)37-23(5)25-15-13-12-14-16-25/h12-16,18-20,22-24,28,30,36H,10,17,21H2,1-8H3,(H,35,44)(H,37,42)(H,38,43)(H,39,41)/t23-,24+,28?,30+/m1/s1. The molecule has 0 aliphatic carbocycles. The quantitative estimate of drug-likeness (QED) is 0.171. The van der Waals surface area contributed by atoms with E-state index in [1.165, 1.54) is 25.2 Å². The molecule has 0 aliphatic heterocycles. The number of carbonyl (C=O) groups excluding carboxylic acids is 4. The van der Waals surface area contributed by atoms with Crippen molar-refractivity contribution in [1.29, 1.82) is 0 Å². The summed E-state index contributed by atoms with van der Waals surface area (Å²) >= 11 is 0. The van der Waals surface area contributed by atoms with Crippen LogP contribution in [0.25, 0.3) is 0 Å². The second-order valence-electron chi connectivity index (χ2n) is 11.7. The lowest BCUT2D eigenvalue weighted by Gasteiger charge is -2.25. The van der Waals surface area contributed by atoms with Gasteiger partial charge in [-0.25, -0.2) is 8.42 Å². The van der Waals surface area contributed by atoms with Gasteiger partial charge < -0.3 is 26.6 Å². The summed E-state index contributed by atoms with van der Waals surface area (Å²) in [5.74, 6) is 3.93. The monoisotopic (exact) mass is 668 g/mol. The number of hydrogen-bond acceptors (Lipinski definition) is 7. The lowest BCUT2D eigenvalue weighted by atomic mass is 10.0. The third kappa shape index (κ3) is 12.0. The molecule has 4 atom stereocenters. The molecule has 0 fully saturated rings. The van der Waals surface area contributed by atoms with E-state index < -0.39 is 40.0 Å². The van der Waals surface area contributed by atoms with Crippen molar-refractivity contribution < 1.29 is 27.6 Å². The van der Waals surface area contributed by atoms with Crippen LogP contribution in [0.2, 0.25) is 0 Å². The second-order valence-corrected chi connectivity index (χ2v) is 13.7. The minimum absolute atomic E-state index is 0.0671. The van der Waals surface area contributed by atoms with Crippen molar-refractivity contribution in [3.63, 3.8) is 0 Å². The summed E-state index contributed by atoms with van der Waals surface area (Å²) in [5.41, 5.74) is 1.18.